The number of thioether (sulfide) groups is 1. The summed E-state index contributed by atoms with van der Waals surface area (Å²) in [7, 11) is 0. The van der Waals surface area contributed by atoms with E-state index in [4.69, 9.17) is 39.1 Å². The number of carbonyl (C=O) groups is 18. The first kappa shape index (κ1) is 91.4. The number of carboxylic acids is 1. The van der Waals surface area contributed by atoms with E-state index >= 15 is 19.2 Å². The number of H-pyrrole nitrogens is 1. The van der Waals surface area contributed by atoms with Crippen LogP contribution in [-0.2, 0) is 106 Å². The second-order valence-corrected chi connectivity index (χ2v) is 29.6. The van der Waals surface area contributed by atoms with Gasteiger partial charge in [0, 0.05) is 74.8 Å². The van der Waals surface area contributed by atoms with Gasteiger partial charge in [-0.2, -0.15) is 11.8 Å². The number of aliphatic hydroxyl groups is 1. The van der Waals surface area contributed by atoms with Crippen LogP contribution in [0, 0.1) is 0 Å². The van der Waals surface area contributed by atoms with Gasteiger partial charge < -0.3 is 118 Å². The van der Waals surface area contributed by atoms with Crippen molar-refractivity contribution < 1.29 is 101 Å². The predicted molar refractivity (Wildman–Crippen MR) is 420 cm³/mol. The molecule has 0 unspecified atom stereocenters. The summed E-state index contributed by atoms with van der Waals surface area (Å²) in [6.45, 7) is 2.47. The number of hydrogen-bond acceptors (Lipinski definition) is 22. The minimum Gasteiger partial charge on any atom is -0.492 e. The molecule has 0 spiro atoms. The average molecular weight is 1650 g/mol. The third kappa shape index (κ3) is 28.0. The number of aromatic amines is 1. The minimum atomic E-state index is -1.92. The standard InChI is InChI=1S/C76H99N19O21S/c1-38(96)63-74(114)91-55(33-44-36-83-47-11-6-5-10-46(44)47)70(110)86-48(18-21-58(78)98)65(105)92-57(37-117-29-24-51(84-39(2)97)67(107)85-49(68(108)94-63)19-22-59(79)99)72(112)88-53(31-40-13-16-45(17-14-40)116-28-27-77)69(109)89-54(32-41-12-15-42-8-3-4-9-43(42)30-41)73(113)95-76(25-7-26-76)75(115)93-50(20-23-62(102)103)66(106)90-56(35-61(81)101)71(111)87-52(64(82)104)34-60(80)100/h3-6,8-17,30,36,38,48-57,63,83,96H,7,18-29,31-35,37,77H2,1-2H3,(H2,78,98)(H2,79,99)(H2,80,100)(H2,81,101)(H2,82,104)(H,84,97)(H,85,107)(H,86,110)(H,87,111)(H,88,112)(H,89,109)(H,90,106)(H,91,114)(H,92,105)(H,93,115)(H,94,108)(H,95,113)(H,102,103)/t38-,48+,49+,50+,51+,52+,53+,54+,55+,56+,57+,63+/m1/s1. The Balaban J connectivity index is 1.28. The number of benzene rings is 4. The number of ether oxygens (including phenoxy) is 1. The summed E-state index contributed by atoms with van der Waals surface area (Å²) in [6, 6.07) is 6.10. The number of para-hydroxylation sites is 1. The van der Waals surface area contributed by atoms with E-state index in [2.05, 4.69) is 68.8 Å². The number of amides is 17. The Hall–Kier alpha value is -12.8. The quantitative estimate of drug-likeness (QED) is 0.0176. The van der Waals surface area contributed by atoms with Gasteiger partial charge in [-0.25, -0.2) is 0 Å². The van der Waals surface area contributed by atoms with Crippen molar-refractivity contribution in [3.63, 3.8) is 0 Å². The number of nitrogens with one attached hydrogen (secondary N) is 13. The number of aliphatic hydroxyl groups excluding tert-OH is 1. The lowest BCUT2D eigenvalue weighted by atomic mass is 9.75. The lowest BCUT2D eigenvalue weighted by Gasteiger charge is -2.42. The Morgan fingerprint density at radius 2 is 1.15 bits per heavy atom. The molecule has 2 heterocycles. The molecule has 1 saturated carbocycles. The first-order valence-corrected chi connectivity index (χ1v) is 38.7. The molecule has 17 amide bonds. The fourth-order valence-electron chi connectivity index (χ4n) is 12.9. The third-order valence-electron chi connectivity index (χ3n) is 19.2. The van der Waals surface area contributed by atoms with Crippen molar-refractivity contribution in [2.24, 2.45) is 34.4 Å². The molecule has 630 valence electrons. The van der Waals surface area contributed by atoms with Crippen LogP contribution in [0.15, 0.2) is 97.2 Å². The normalized spacial score (nSPS) is 19.6. The van der Waals surface area contributed by atoms with Gasteiger partial charge in [-0.1, -0.05) is 72.8 Å². The minimum absolute atomic E-state index is 0.107. The number of carboxylic acid groups (broad SMARTS) is 1. The molecule has 40 nitrogen and oxygen atoms in total. The maximum Gasteiger partial charge on any atom is 0.303 e. The number of fused-ring (bicyclic) bond motifs is 2. The van der Waals surface area contributed by atoms with E-state index in [1.54, 1.807) is 91.1 Å². The first-order chi connectivity index (χ1) is 55.5. The van der Waals surface area contributed by atoms with Gasteiger partial charge in [0.2, 0.25) is 100 Å². The van der Waals surface area contributed by atoms with Crippen molar-refractivity contribution >= 4 is 140 Å². The highest BCUT2D eigenvalue weighted by molar-refractivity contribution is 7.99. The molecule has 27 N–H and O–H groups in total. The van der Waals surface area contributed by atoms with E-state index in [1.165, 1.54) is 0 Å². The van der Waals surface area contributed by atoms with Gasteiger partial charge in [0.1, 0.15) is 84.4 Å². The topological polar surface area (TPSA) is 673 Å². The van der Waals surface area contributed by atoms with Crippen LogP contribution in [0.2, 0.25) is 0 Å². The van der Waals surface area contributed by atoms with Crippen molar-refractivity contribution in [1.82, 2.24) is 68.8 Å². The molecule has 7 rings (SSSR count). The summed E-state index contributed by atoms with van der Waals surface area (Å²) in [5.74, 6) is -20.1. The van der Waals surface area contributed by atoms with E-state index in [1.807, 2.05) is 6.07 Å². The highest BCUT2D eigenvalue weighted by Gasteiger charge is 2.48. The number of aliphatic carboxylic acids is 1. The SMILES string of the molecule is CC(=O)N[C@H]1CCSC[C@@H](C(=O)N[C@@H](Cc2ccc(OCCN)cc2)C(=O)N[C@@H](Cc2ccc3ccccc3c2)C(=O)NC2(C(=O)N[C@@H](CCC(=O)O)C(=O)N[C@@H](CC(N)=O)C(=O)N[C@@H](CC(N)=O)C(N)=O)CCC2)NC(=O)[C@H](CCC(N)=O)NC(=O)[C@H](Cc2c[nH]c3ccccc23)NC(=O)[C@H]([C@@H](C)O)NC(=O)[C@H](CCC(N)=O)NC1=O. The number of aromatic nitrogens is 1. The number of nitrogens with two attached hydrogens (primary N) is 6. The molecule has 5 aromatic rings. The fraction of sp³-hybridized carbons (Fsp3) is 0.447. The molecule has 41 heteroatoms. The summed E-state index contributed by atoms with van der Waals surface area (Å²) >= 11 is 0.910. The fourth-order valence-corrected chi connectivity index (χ4v) is 13.9. The zero-order chi connectivity index (χ0) is 85.8. The Morgan fingerprint density at radius 3 is 1.75 bits per heavy atom. The van der Waals surface area contributed by atoms with Crippen molar-refractivity contribution in [1.29, 1.82) is 0 Å². The Bertz CT molecular complexity index is 4520. The van der Waals surface area contributed by atoms with Gasteiger partial charge in [-0.15, -0.1) is 0 Å². The van der Waals surface area contributed by atoms with Crippen LogP contribution < -0.4 is 103 Å². The largest absolute Gasteiger partial charge is 0.492 e. The van der Waals surface area contributed by atoms with Gasteiger partial charge in [0.05, 0.1) is 18.9 Å². The van der Waals surface area contributed by atoms with E-state index < -0.39 is 248 Å². The lowest BCUT2D eigenvalue weighted by Crippen LogP contribution is -2.68. The summed E-state index contributed by atoms with van der Waals surface area (Å²) in [6.07, 6.45) is -6.78. The number of carbonyl (C=O) groups excluding carboxylic acids is 17. The number of primary amides is 5. The Labute approximate surface area is 673 Å². The number of rotatable bonds is 37. The molecule has 4 aromatic carbocycles. The van der Waals surface area contributed by atoms with Gasteiger partial charge in [-0.3, -0.25) is 86.3 Å². The molecule has 0 radical (unpaired) electrons. The third-order valence-corrected chi connectivity index (χ3v) is 20.3. The Kier molecular flexibility index (Phi) is 34.1. The summed E-state index contributed by atoms with van der Waals surface area (Å²) in [5.41, 5.74) is 32.7. The smallest absolute Gasteiger partial charge is 0.303 e. The van der Waals surface area contributed by atoms with Gasteiger partial charge in [0.25, 0.3) is 0 Å². The second-order valence-electron chi connectivity index (χ2n) is 28.4. The summed E-state index contributed by atoms with van der Waals surface area (Å²) in [5, 5.41) is 53.0. The lowest BCUT2D eigenvalue weighted by molar-refractivity contribution is -0.142. The first-order valence-electron chi connectivity index (χ1n) is 37.5. The van der Waals surface area contributed by atoms with Crippen molar-refractivity contribution in [3.05, 3.63) is 114 Å². The highest BCUT2D eigenvalue weighted by Crippen LogP contribution is 2.33. The van der Waals surface area contributed by atoms with Crippen molar-refractivity contribution in [3.8, 4) is 5.75 Å². The molecular formula is C76H99N19O21S. The number of hydrogen-bond donors (Lipinski definition) is 21. The second kappa shape index (κ2) is 43.6. The van der Waals surface area contributed by atoms with Crippen LogP contribution in [-0.4, -0.2) is 224 Å². The van der Waals surface area contributed by atoms with Crippen LogP contribution in [0.1, 0.15) is 108 Å². The maximum atomic E-state index is 15.6. The predicted octanol–water partition coefficient (Wildman–Crippen LogP) is -5.77. The van der Waals surface area contributed by atoms with E-state index in [0.717, 1.165) is 31.0 Å². The van der Waals surface area contributed by atoms with Crippen LogP contribution in [0.25, 0.3) is 21.7 Å². The zero-order valence-electron chi connectivity index (χ0n) is 64.1. The van der Waals surface area contributed by atoms with Crippen molar-refractivity contribution in [2.75, 3.05) is 24.7 Å². The molecule has 1 aromatic heterocycles. The van der Waals surface area contributed by atoms with Crippen LogP contribution in [0.5, 0.6) is 5.75 Å². The van der Waals surface area contributed by atoms with E-state index in [0.29, 0.717) is 38.7 Å². The molecule has 1 aliphatic carbocycles. The maximum absolute atomic E-state index is 15.6. The summed E-state index contributed by atoms with van der Waals surface area (Å²) < 4.78 is 5.70. The van der Waals surface area contributed by atoms with E-state index in [-0.39, 0.29) is 57.4 Å². The van der Waals surface area contributed by atoms with Gasteiger partial charge >= 0.3 is 5.97 Å². The molecule has 2 fully saturated rings. The van der Waals surface area contributed by atoms with E-state index in [9.17, 15) is 77.3 Å². The summed E-state index contributed by atoms with van der Waals surface area (Å²) in [4.78, 5) is 251. The molecule has 2 aliphatic rings. The highest BCUT2D eigenvalue weighted by atomic mass is 32.2. The van der Waals surface area contributed by atoms with Crippen LogP contribution >= 0.6 is 11.8 Å². The van der Waals surface area contributed by atoms with Crippen LogP contribution in [0.3, 0.4) is 0 Å². The molecule has 12 atom stereocenters. The zero-order valence-corrected chi connectivity index (χ0v) is 64.9. The monoisotopic (exact) mass is 1650 g/mol. The molecular weight excluding hydrogens is 1550 g/mol. The molecule has 1 saturated heterocycles. The van der Waals surface area contributed by atoms with Crippen LogP contribution in [0.4, 0.5) is 0 Å². The van der Waals surface area contributed by atoms with Gasteiger partial charge in [-0.05, 0) is 103 Å². The van der Waals surface area contributed by atoms with Gasteiger partial charge in [0.15, 0.2) is 0 Å². The molecule has 117 heavy (non-hydrogen) atoms. The molecule has 1 aliphatic heterocycles. The molecule has 0 bridgehead atoms. The average Bonchev–Trinajstić information content (AvgIpc) is 1.24. The Morgan fingerprint density at radius 1 is 0.590 bits per heavy atom. The van der Waals surface area contributed by atoms with Crippen molar-refractivity contribution in [2.45, 2.75) is 188 Å².